The van der Waals surface area contributed by atoms with Gasteiger partial charge in [0.15, 0.2) is 0 Å². The highest BCUT2D eigenvalue weighted by atomic mass is 79.9. The second-order valence-corrected chi connectivity index (χ2v) is 6.45. The minimum absolute atomic E-state index is 0.0675. The first-order chi connectivity index (χ1) is 11.1. The van der Waals surface area contributed by atoms with E-state index in [4.69, 9.17) is 14.6 Å². The maximum Gasteiger partial charge on any atom is 0.307 e. The van der Waals surface area contributed by atoms with Gasteiger partial charge in [0.1, 0.15) is 17.6 Å². The molecule has 0 saturated heterocycles. The minimum Gasteiger partial charge on any atom is -0.497 e. The highest BCUT2D eigenvalue weighted by Crippen LogP contribution is 2.38. The Kier molecular flexibility index (Phi) is 4.57. The number of methoxy groups -OCH3 is 1. The van der Waals surface area contributed by atoms with Gasteiger partial charge in [-0.1, -0.05) is 28.1 Å². The molecule has 4 nitrogen and oxygen atoms in total. The van der Waals surface area contributed by atoms with E-state index in [0.717, 1.165) is 22.9 Å². The fourth-order valence-electron chi connectivity index (χ4n) is 2.89. The van der Waals surface area contributed by atoms with Crippen LogP contribution in [0.2, 0.25) is 0 Å². The third-order valence-electron chi connectivity index (χ3n) is 4.02. The number of benzene rings is 2. The van der Waals surface area contributed by atoms with Crippen molar-refractivity contribution in [2.45, 2.75) is 25.4 Å². The number of carbonyl (C=O) groups is 1. The van der Waals surface area contributed by atoms with Crippen molar-refractivity contribution in [1.29, 1.82) is 0 Å². The van der Waals surface area contributed by atoms with Gasteiger partial charge in [-0.3, -0.25) is 4.79 Å². The summed E-state index contributed by atoms with van der Waals surface area (Å²) < 4.78 is 12.4. The van der Waals surface area contributed by atoms with Crippen LogP contribution in [-0.4, -0.2) is 18.2 Å². The van der Waals surface area contributed by atoms with E-state index in [1.807, 2.05) is 6.07 Å². The predicted molar refractivity (Wildman–Crippen MR) is 90.2 cm³/mol. The van der Waals surface area contributed by atoms with E-state index in [1.165, 1.54) is 5.56 Å². The number of aryl methyl sites for hydroxylation is 1. The van der Waals surface area contributed by atoms with Gasteiger partial charge in [0, 0.05) is 16.1 Å². The van der Waals surface area contributed by atoms with E-state index in [1.54, 1.807) is 25.3 Å². The highest BCUT2D eigenvalue weighted by molar-refractivity contribution is 9.10. The smallest absolute Gasteiger partial charge is 0.307 e. The van der Waals surface area contributed by atoms with Crippen molar-refractivity contribution in [2.24, 2.45) is 0 Å². The molecule has 0 aliphatic heterocycles. The lowest BCUT2D eigenvalue weighted by atomic mass is 10.1. The SMILES string of the molecule is COc1ccc(CC(=O)O)c(OC2CCc3ccc(Br)cc32)c1. The Morgan fingerprint density at radius 3 is 2.87 bits per heavy atom. The van der Waals surface area contributed by atoms with Gasteiger partial charge in [-0.05, 0) is 42.2 Å². The molecule has 2 aromatic carbocycles. The van der Waals surface area contributed by atoms with Gasteiger partial charge < -0.3 is 14.6 Å². The average molecular weight is 377 g/mol. The summed E-state index contributed by atoms with van der Waals surface area (Å²) in [7, 11) is 1.58. The van der Waals surface area contributed by atoms with Crippen LogP contribution < -0.4 is 9.47 Å². The second-order valence-electron chi connectivity index (χ2n) is 5.53. The van der Waals surface area contributed by atoms with Crippen LogP contribution in [0.1, 0.15) is 29.2 Å². The Morgan fingerprint density at radius 1 is 1.30 bits per heavy atom. The van der Waals surface area contributed by atoms with E-state index >= 15 is 0 Å². The van der Waals surface area contributed by atoms with E-state index in [-0.39, 0.29) is 12.5 Å². The van der Waals surface area contributed by atoms with Crippen molar-refractivity contribution in [2.75, 3.05) is 7.11 Å². The Labute approximate surface area is 143 Å². The van der Waals surface area contributed by atoms with Crippen molar-refractivity contribution in [3.63, 3.8) is 0 Å². The standard InChI is InChI=1S/C18H17BrO4/c1-22-14-6-3-12(8-18(20)21)17(10-14)23-16-7-4-11-2-5-13(19)9-15(11)16/h2-3,5-6,9-10,16H,4,7-8H2,1H3,(H,20,21). The molecule has 23 heavy (non-hydrogen) atoms. The molecular formula is C18H17BrO4. The quantitative estimate of drug-likeness (QED) is 0.851. The van der Waals surface area contributed by atoms with Crippen LogP contribution >= 0.6 is 15.9 Å². The summed E-state index contributed by atoms with van der Waals surface area (Å²) in [5, 5.41) is 9.08. The molecule has 1 atom stereocenters. The van der Waals surface area contributed by atoms with Crippen LogP contribution in [-0.2, 0) is 17.6 Å². The van der Waals surface area contributed by atoms with Crippen LogP contribution in [0.25, 0.3) is 0 Å². The number of rotatable bonds is 5. The molecule has 1 unspecified atom stereocenters. The Morgan fingerprint density at radius 2 is 2.13 bits per heavy atom. The first kappa shape index (κ1) is 15.9. The van der Waals surface area contributed by atoms with E-state index < -0.39 is 5.97 Å². The van der Waals surface area contributed by atoms with Crippen LogP contribution in [0.3, 0.4) is 0 Å². The van der Waals surface area contributed by atoms with Gasteiger partial charge in [-0.2, -0.15) is 0 Å². The van der Waals surface area contributed by atoms with Gasteiger partial charge in [0.05, 0.1) is 13.5 Å². The largest absolute Gasteiger partial charge is 0.497 e. The number of carboxylic acids is 1. The molecular weight excluding hydrogens is 360 g/mol. The van der Waals surface area contributed by atoms with Gasteiger partial charge >= 0.3 is 5.97 Å². The number of halogens is 1. The predicted octanol–water partition coefficient (Wildman–Crippen LogP) is 4.15. The number of ether oxygens (including phenoxy) is 2. The minimum atomic E-state index is -0.880. The van der Waals surface area contributed by atoms with Crippen LogP contribution in [0.5, 0.6) is 11.5 Å². The van der Waals surface area contributed by atoms with E-state index in [2.05, 4.69) is 28.1 Å². The number of hydrogen-bond acceptors (Lipinski definition) is 3. The summed E-state index contributed by atoms with van der Waals surface area (Å²) in [5.74, 6) is 0.348. The molecule has 120 valence electrons. The summed E-state index contributed by atoms with van der Waals surface area (Å²) in [6.07, 6.45) is 1.71. The van der Waals surface area contributed by atoms with Crippen molar-refractivity contribution < 1.29 is 19.4 Å². The molecule has 3 rings (SSSR count). The summed E-state index contributed by atoms with van der Waals surface area (Å²) >= 11 is 3.49. The van der Waals surface area contributed by atoms with Gasteiger partial charge in [0.25, 0.3) is 0 Å². The average Bonchev–Trinajstić information content (AvgIpc) is 2.91. The number of aliphatic carboxylic acids is 1. The zero-order valence-electron chi connectivity index (χ0n) is 12.7. The van der Waals surface area contributed by atoms with Gasteiger partial charge in [-0.25, -0.2) is 0 Å². The van der Waals surface area contributed by atoms with Gasteiger partial charge in [-0.15, -0.1) is 0 Å². The summed E-state index contributed by atoms with van der Waals surface area (Å²) in [6, 6.07) is 11.5. The van der Waals surface area contributed by atoms with Crippen LogP contribution in [0, 0.1) is 0 Å². The molecule has 0 radical (unpaired) electrons. The molecule has 2 aromatic rings. The van der Waals surface area contributed by atoms with Gasteiger partial charge in [0.2, 0.25) is 0 Å². The second kappa shape index (κ2) is 6.62. The van der Waals surface area contributed by atoms with E-state index in [9.17, 15) is 4.79 Å². The molecule has 0 heterocycles. The number of carboxylic acid groups (broad SMARTS) is 1. The first-order valence-electron chi connectivity index (χ1n) is 7.40. The van der Waals surface area contributed by atoms with Crippen molar-refractivity contribution >= 4 is 21.9 Å². The van der Waals surface area contributed by atoms with Crippen LogP contribution in [0.15, 0.2) is 40.9 Å². The maximum absolute atomic E-state index is 11.1. The van der Waals surface area contributed by atoms with Crippen LogP contribution in [0.4, 0.5) is 0 Å². The molecule has 0 spiro atoms. The Hall–Kier alpha value is -2.01. The molecule has 1 aliphatic carbocycles. The molecule has 0 fully saturated rings. The molecule has 0 saturated carbocycles. The zero-order valence-corrected chi connectivity index (χ0v) is 14.3. The first-order valence-corrected chi connectivity index (χ1v) is 8.20. The Balaban J connectivity index is 1.91. The molecule has 0 bridgehead atoms. The molecule has 0 amide bonds. The fraction of sp³-hybridized carbons (Fsp3) is 0.278. The highest BCUT2D eigenvalue weighted by Gasteiger charge is 2.25. The maximum atomic E-state index is 11.1. The lowest BCUT2D eigenvalue weighted by molar-refractivity contribution is -0.136. The monoisotopic (exact) mass is 376 g/mol. The molecule has 5 heteroatoms. The number of fused-ring (bicyclic) bond motifs is 1. The number of hydrogen-bond donors (Lipinski definition) is 1. The fourth-order valence-corrected chi connectivity index (χ4v) is 3.27. The van der Waals surface area contributed by atoms with Crippen molar-refractivity contribution in [3.8, 4) is 11.5 Å². The summed E-state index contributed by atoms with van der Waals surface area (Å²) in [6.45, 7) is 0. The molecule has 0 aromatic heterocycles. The third kappa shape index (κ3) is 3.50. The van der Waals surface area contributed by atoms with Crippen molar-refractivity contribution in [1.82, 2.24) is 0 Å². The normalized spacial score (nSPS) is 16.0. The topological polar surface area (TPSA) is 55.8 Å². The lowest BCUT2D eigenvalue weighted by Crippen LogP contribution is -2.08. The molecule has 1 N–H and O–H groups in total. The van der Waals surface area contributed by atoms with E-state index in [0.29, 0.717) is 17.1 Å². The molecule has 1 aliphatic rings. The van der Waals surface area contributed by atoms with Crippen molar-refractivity contribution in [3.05, 3.63) is 57.6 Å². The summed E-state index contributed by atoms with van der Waals surface area (Å²) in [5.41, 5.74) is 3.09. The lowest BCUT2D eigenvalue weighted by Gasteiger charge is -2.18. The Bertz CT molecular complexity index is 742. The zero-order chi connectivity index (χ0) is 16.4. The third-order valence-corrected chi connectivity index (χ3v) is 4.51. The summed E-state index contributed by atoms with van der Waals surface area (Å²) in [4.78, 5) is 11.1.